The molecule has 0 atom stereocenters. The van der Waals surface area contributed by atoms with Gasteiger partial charge in [0.25, 0.3) is 0 Å². The Hall–Kier alpha value is -1.06. The molecular weight excluding hydrogens is 448 g/mol. The highest BCUT2D eigenvalue weighted by Crippen LogP contribution is 2.51. The molecule has 164 valence electrons. The summed E-state index contributed by atoms with van der Waals surface area (Å²) < 4.78 is 5.77. The number of halogens is 1. The highest BCUT2D eigenvalue weighted by atomic mass is 79.9. The van der Waals surface area contributed by atoms with E-state index in [1.807, 2.05) is 0 Å². The zero-order valence-corrected chi connectivity index (χ0v) is 22.9. The summed E-state index contributed by atoms with van der Waals surface area (Å²) in [6.45, 7) is 21.8. The highest BCUT2D eigenvalue weighted by molar-refractivity contribution is 9.09. The van der Waals surface area contributed by atoms with Crippen LogP contribution < -0.4 is 9.92 Å². The minimum atomic E-state index is -1.32. The number of benzene rings is 2. The van der Waals surface area contributed by atoms with Crippen molar-refractivity contribution in [1.82, 2.24) is 0 Å². The fraction of sp³-hybridized carbons (Fsp3) is 0.481. The first-order valence-corrected chi connectivity index (χ1v) is 15.5. The molecule has 0 aliphatic heterocycles. The van der Waals surface area contributed by atoms with Gasteiger partial charge in [0, 0.05) is 17.2 Å². The van der Waals surface area contributed by atoms with Crippen LogP contribution >= 0.6 is 15.9 Å². The Morgan fingerprint density at radius 3 is 1.47 bits per heavy atom. The summed E-state index contributed by atoms with van der Waals surface area (Å²) >= 11 is 3.42. The van der Waals surface area contributed by atoms with Crippen LogP contribution in [0.3, 0.4) is 0 Å². The van der Waals surface area contributed by atoms with Crippen molar-refractivity contribution in [3.05, 3.63) is 71.5 Å². The van der Waals surface area contributed by atoms with Gasteiger partial charge in [0.1, 0.15) is 5.75 Å². The second kappa shape index (κ2) is 9.61. The summed E-state index contributed by atoms with van der Waals surface area (Å²) in [6.07, 6.45) is 0. The normalized spacial score (nSPS) is 13.2. The standard InChI is InChI=1S/C27H39BrOSi/c1-26(2,3)24(20-10-14-22(15-11-20)29-19-18-28)25(27(4,5)6)21-12-16-23(17-13-21)30(7,8)9/h10-17H,18-19H2,1-9H3. The van der Waals surface area contributed by atoms with Crippen molar-refractivity contribution < 1.29 is 4.74 Å². The summed E-state index contributed by atoms with van der Waals surface area (Å²) in [5.41, 5.74) is 2.63. The number of rotatable bonds is 7. The highest BCUT2D eigenvalue weighted by Gasteiger charge is 2.42. The fourth-order valence-electron chi connectivity index (χ4n) is 3.92. The van der Waals surface area contributed by atoms with Crippen LogP contribution in [0.25, 0.3) is 0 Å². The summed E-state index contributed by atoms with van der Waals surface area (Å²) in [4.78, 5) is 0. The third-order valence-corrected chi connectivity index (χ3v) is 7.67. The van der Waals surface area contributed by atoms with Gasteiger partial charge >= 0.3 is 0 Å². The molecule has 1 nitrogen and oxygen atoms in total. The van der Waals surface area contributed by atoms with Gasteiger partial charge in [-0.25, -0.2) is 0 Å². The molecule has 2 aromatic carbocycles. The van der Waals surface area contributed by atoms with Crippen LogP contribution in [-0.2, 0) is 0 Å². The van der Waals surface area contributed by atoms with E-state index in [4.69, 9.17) is 4.74 Å². The SMILES string of the molecule is CC(C)(C)[C]([C](c1ccc([Si](C)(C)C)cc1)C(C)(C)C)c1ccc(OCCBr)cc1. The van der Waals surface area contributed by atoms with E-state index in [9.17, 15) is 0 Å². The lowest BCUT2D eigenvalue weighted by molar-refractivity contribution is 0.344. The third kappa shape index (κ3) is 6.47. The van der Waals surface area contributed by atoms with E-state index in [0.29, 0.717) is 6.61 Å². The first-order chi connectivity index (χ1) is 13.7. The first-order valence-electron chi connectivity index (χ1n) is 10.9. The van der Waals surface area contributed by atoms with Gasteiger partial charge < -0.3 is 4.74 Å². The molecule has 2 aromatic rings. The van der Waals surface area contributed by atoms with Crippen molar-refractivity contribution >= 4 is 29.2 Å². The maximum atomic E-state index is 5.77. The van der Waals surface area contributed by atoms with Crippen molar-refractivity contribution in [2.75, 3.05) is 11.9 Å². The Morgan fingerprint density at radius 2 is 1.13 bits per heavy atom. The largest absolute Gasteiger partial charge is 0.493 e. The summed E-state index contributed by atoms with van der Waals surface area (Å²) in [5.74, 6) is 3.75. The molecule has 2 radical (unpaired) electrons. The Balaban J connectivity index is 2.52. The van der Waals surface area contributed by atoms with Gasteiger partial charge in [0.05, 0.1) is 14.7 Å². The monoisotopic (exact) mass is 486 g/mol. The lowest BCUT2D eigenvalue weighted by Gasteiger charge is -2.43. The van der Waals surface area contributed by atoms with Gasteiger partial charge in [0.2, 0.25) is 0 Å². The lowest BCUT2D eigenvalue weighted by Crippen LogP contribution is -2.38. The summed E-state index contributed by atoms with van der Waals surface area (Å²) in [5, 5.41) is 2.34. The van der Waals surface area contributed by atoms with E-state index in [1.54, 1.807) is 0 Å². The van der Waals surface area contributed by atoms with Gasteiger partial charge in [-0.3, -0.25) is 0 Å². The van der Waals surface area contributed by atoms with Crippen molar-refractivity contribution in [1.29, 1.82) is 0 Å². The van der Waals surface area contributed by atoms with Crippen LogP contribution in [0.5, 0.6) is 5.75 Å². The Kier molecular flexibility index (Phi) is 8.07. The summed E-state index contributed by atoms with van der Waals surface area (Å²) in [6, 6.07) is 18.0. The molecule has 0 aliphatic rings. The molecule has 0 saturated carbocycles. The zero-order chi connectivity index (χ0) is 22.7. The quantitative estimate of drug-likeness (QED) is 0.288. The van der Waals surface area contributed by atoms with E-state index < -0.39 is 8.07 Å². The average Bonchev–Trinajstić information content (AvgIpc) is 2.62. The fourth-order valence-corrected chi connectivity index (χ4v) is 5.24. The third-order valence-electron chi connectivity index (χ3n) is 5.28. The Bertz CT molecular complexity index is 789. The molecule has 0 saturated heterocycles. The van der Waals surface area contributed by atoms with Gasteiger partial charge in [0.15, 0.2) is 0 Å². The van der Waals surface area contributed by atoms with Crippen LogP contribution in [0.4, 0.5) is 0 Å². The second-order valence-corrected chi connectivity index (χ2v) is 17.0. The molecule has 0 aliphatic carbocycles. The molecule has 0 unspecified atom stereocenters. The Labute approximate surface area is 194 Å². The van der Waals surface area contributed by atoms with E-state index >= 15 is 0 Å². The van der Waals surface area contributed by atoms with Crippen molar-refractivity contribution in [2.45, 2.75) is 61.2 Å². The molecule has 0 aromatic heterocycles. The van der Waals surface area contributed by atoms with Gasteiger partial charge in [-0.15, -0.1) is 0 Å². The number of alkyl halides is 1. The van der Waals surface area contributed by atoms with Crippen molar-refractivity contribution in [3.8, 4) is 5.75 Å². The maximum absolute atomic E-state index is 5.77. The maximum Gasteiger partial charge on any atom is 0.119 e. The van der Waals surface area contributed by atoms with Crippen LogP contribution in [-0.4, -0.2) is 20.0 Å². The van der Waals surface area contributed by atoms with Crippen LogP contribution in [0.15, 0.2) is 48.5 Å². The predicted molar refractivity (Wildman–Crippen MR) is 139 cm³/mol. The second-order valence-electron chi connectivity index (χ2n) is 11.1. The van der Waals surface area contributed by atoms with Crippen LogP contribution in [0.1, 0.15) is 52.7 Å². The lowest BCUT2D eigenvalue weighted by atomic mass is 9.60. The van der Waals surface area contributed by atoms with E-state index in [0.717, 1.165) is 11.1 Å². The molecule has 30 heavy (non-hydrogen) atoms. The predicted octanol–water partition coefficient (Wildman–Crippen LogP) is 7.64. The van der Waals surface area contributed by atoms with Crippen molar-refractivity contribution in [2.24, 2.45) is 10.8 Å². The van der Waals surface area contributed by atoms with Crippen LogP contribution in [0.2, 0.25) is 19.6 Å². The van der Waals surface area contributed by atoms with Gasteiger partial charge in [-0.05, 0) is 34.1 Å². The molecule has 0 fully saturated rings. The van der Waals surface area contributed by atoms with E-state index in [2.05, 4.69) is 126 Å². The topological polar surface area (TPSA) is 9.23 Å². The Morgan fingerprint density at radius 1 is 0.733 bits per heavy atom. The van der Waals surface area contributed by atoms with Gasteiger partial charge in [-0.2, -0.15) is 0 Å². The number of ether oxygens (including phenoxy) is 1. The molecule has 2 rings (SSSR count). The smallest absolute Gasteiger partial charge is 0.119 e. The zero-order valence-electron chi connectivity index (χ0n) is 20.3. The molecule has 0 heterocycles. The van der Waals surface area contributed by atoms with Crippen molar-refractivity contribution in [3.63, 3.8) is 0 Å². The average molecular weight is 488 g/mol. The molecular formula is C27H39BrOSi. The number of hydrogen-bond donors (Lipinski definition) is 0. The molecule has 0 amide bonds. The number of hydrogen-bond acceptors (Lipinski definition) is 1. The van der Waals surface area contributed by atoms with Gasteiger partial charge in [-0.1, -0.05) is 119 Å². The molecule has 0 N–H and O–H groups in total. The minimum Gasteiger partial charge on any atom is -0.493 e. The van der Waals surface area contributed by atoms with E-state index in [-0.39, 0.29) is 10.8 Å². The summed E-state index contributed by atoms with van der Waals surface area (Å²) in [7, 11) is -1.32. The van der Waals surface area contributed by atoms with E-state index in [1.165, 1.54) is 28.1 Å². The van der Waals surface area contributed by atoms with Crippen LogP contribution in [0, 0.1) is 22.7 Å². The molecule has 0 spiro atoms. The molecule has 3 heteroatoms. The first kappa shape index (κ1) is 25.2. The molecule has 0 bridgehead atoms. The minimum absolute atomic E-state index is 0.0122.